The predicted octanol–water partition coefficient (Wildman–Crippen LogP) is 2.63. The smallest absolute Gasteiger partial charge is 0.124 e. The van der Waals surface area contributed by atoms with Gasteiger partial charge in [0.15, 0.2) is 0 Å². The molecule has 1 fully saturated rings. The zero-order valence-corrected chi connectivity index (χ0v) is 11.1. The minimum atomic E-state index is 0.203. The van der Waals surface area contributed by atoms with E-state index in [0.29, 0.717) is 11.6 Å². The molecule has 1 saturated heterocycles. The van der Waals surface area contributed by atoms with E-state index in [0.717, 1.165) is 44.5 Å². The van der Waals surface area contributed by atoms with Crippen molar-refractivity contribution >= 4 is 17.9 Å². The molecule has 2 rings (SSSR count). The van der Waals surface area contributed by atoms with Crippen molar-refractivity contribution in [2.24, 2.45) is 5.92 Å². The summed E-state index contributed by atoms with van der Waals surface area (Å²) in [5.41, 5.74) is 0. The minimum absolute atomic E-state index is 0.203. The summed E-state index contributed by atoms with van der Waals surface area (Å²) in [5, 5.41) is 0.715. The third-order valence-electron chi connectivity index (χ3n) is 3.22. The molecule has 3 nitrogen and oxygen atoms in total. The molecule has 0 aromatic heterocycles. The fraction of sp³-hybridized carbons (Fsp3) is 0.500. The largest absolute Gasteiger partial charge is 0.492 e. The number of rotatable bonds is 5. The first kappa shape index (κ1) is 13.4. The number of halogens is 1. The van der Waals surface area contributed by atoms with Crippen molar-refractivity contribution < 1.29 is 9.53 Å². The highest BCUT2D eigenvalue weighted by atomic mass is 35.5. The lowest BCUT2D eigenvalue weighted by molar-refractivity contribution is -0.112. The van der Waals surface area contributed by atoms with Crippen LogP contribution in [0.5, 0.6) is 5.75 Å². The Kier molecular flexibility index (Phi) is 5.02. The summed E-state index contributed by atoms with van der Waals surface area (Å²) in [6.07, 6.45) is 3.20. The van der Waals surface area contributed by atoms with Crippen molar-refractivity contribution in [3.63, 3.8) is 0 Å². The Bertz CT molecular complexity index is 380. The van der Waals surface area contributed by atoms with Gasteiger partial charge in [0.2, 0.25) is 0 Å². The fourth-order valence-electron chi connectivity index (χ4n) is 2.23. The molecule has 0 amide bonds. The quantitative estimate of drug-likeness (QED) is 0.768. The average Bonchev–Trinajstić information content (AvgIpc) is 2.41. The van der Waals surface area contributed by atoms with E-state index >= 15 is 0 Å². The maximum absolute atomic E-state index is 10.8. The van der Waals surface area contributed by atoms with Gasteiger partial charge in [0.25, 0.3) is 0 Å². The van der Waals surface area contributed by atoms with Crippen molar-refractivity contribution in [2.45, 2.75) is 12.8 Å². The van der Waals surface area contributed by atoms with Gasteiger partial charge < -0.3 is 9.53 Å². The van der Waals surface area contributed by atoms with Crippen LogP contribution in [-0.4, -0.2) is 37.4 Å². The van der Waals surface area contributed by atoms with Crippen LogP contribution >= 0.6 is 11.6 Å². The van der Waals surface area contributed by atoms with Gasteiger partial charge in [0, 0.05) is 24.0 Å². The van der Waals surface area contributed by atoms with Gasteiger partial charge in [-0.25, -0.2) is 0 Å². The second kappa shape index (κ2) is 6.76. The highest BCUT2D eigenvalue weighted by Gasteiger charge is 2.18. The van der Waals surface area contributed by atoms with E-state index in [1.54, 1.807) is 0 Å². The van der Waals surface area contributed by atoms with Gasteiger partial charge in [0.1, 0.15) is 18.6 Å². The van der Waals surface area contributed by atoms with E-state index in [9.17, 15) is 4.79 Å². The van der Waals surface area contributed by atoms with Gasteiger partial charge in [-0.15, -0.1) is 0 Å². The minimum Gasteiger partial charge on any atom is -0.492 e. The van der Waals surface area contributed by atoms with Crippen molar-refractivity contribution in [3.8, 4) is 5.75 Å². The Hall–Kier alpha value is -1.06. The van der Waals surface area contributed by atoms with E-state index < -0.39 is 0 Å². The molecular weight excluding hydrogens is 250 g/mol. The van der Waals surface area contributed by atoms with Crippen molar-refractivity contribution in [1.82, 2.24) is 4.90 Å². The van der Waals surface area contributed by atoms with Gasteiger partial charge in [-0.05, 0) is 43.7 Å². The van der Waals surface area contributed by atoms with Crippen LogP contribution < -0.4 is 4.74 Å². The summed E-state index contributed by atoms with van der Waals surface area (Å²) in [6.45, 7) is 3.45. The lowest BCUT2D eigenvalue weighted by Crippen LogP contribution is -2.38. The van der Waals surface area contributed by atoms with E-state index in [1.165, 1.54) is 0 Å². The Morgan fingerprint density at radius 1 is 1.39 bits per heavy atom. The third kappa shape index (κ3) is 4.00. The molecule has 0 spiro atoms. The molecule has 1 atom stereocenters. The van der Waals surface area contributed by atoms with Crippen molar-refractivity contribution in [2.75, 3.05) is 26.2 Å². The van der Waals surface area contributed by atoms with Gasteiger partial charge in [-0.1, -0.05) is 11.6 Å². The van der Waals surface area contributed by atoms with Crippen LogP contribution in [0.2, 0.25) is 5.02 Å². The average molecular weight is 268 g/mol. The number of ether oxygens (including phenoxy) is 1. The number of piperidine rings is 1. The molecule has 1 aromatic carbocycles. The third-order valence-corrected chi connectivity index (χ3v) is 3.48. The monoisotopic (exact) mass is 267 g/mol. The second-order valence-electron chi connectivity index (χ2n) is 4.64. The Balaban J connectivity index is 1.71. The van der Waals surface area contributed by atoms with E-state index in [4.69, 9.17) is 16.3 Å². The van der Waals surface area contributed by atoms with Crippen LogP contribution in [0.1, 0.15) is 12.8 Å². The molecule has 0 N–H and O–H groups in total. The van der Waals surface area contributed by atoms with Crippen LogP contribution in [0.4, 0.5) is 0 Å². The zero-order chi connectivity index (χ0) is 12.8. The molecule has 0 radical (unpaired) electrons. The molecule has 1 aromatic rings. The maximum atomic E-state index is 10.8. The number of nitrogens with zero attached hydrogens (tertiary/aromatic N) is 1. The van der Waals surface area contributed by atoms with Crippen molar-refractivity contribution in [3.05, 3.63) is 29.3 Å². The highest BCUT2D eigenvalue weighted by Crippen LogP contribution is 2.16. The molecule has 1 aliphatic rings. The van der Waals surface area contributed by atoms with Gasteiger partial charge in [-0.3, -0.25) is 4.90 Å². The number of carbonyl (C=O) groups is 1. The number of aldehydes is 1. The van der Waals surface area contributed by atoms with Gasteiger partial charge >= 0.3 is 0 Å². The number of likely N-dealkylation sites (tertiary alicyclic amines) is 1. The summed E-state index contributed by atoms with van der Waals surface area (Å²) in [7, 11) is 0. The molecule has 0 saturated carbocycles. The van der Waals surface area contributed by atoms with E-state index in [1.807, 2.05) is 24.3 Å². The Labute approximate surface area is 113 Å². The summed E-state index contributed by atoms with van der Waals surface area (Å²) in [6, 6.07) is 7.37. The molecular formula is C14H18ClNO2. The fourth-order valence-corrected chi connectivity index (χ4v) is 2.35. The Morgan fingerprint density at radius 2 is 2.17 bits per heavy atom. The van der Waals surface area contributed by atoms with Crippen LogP contribution in [0.3, 0.4) is 0 Å². The number of benzene rings is 1. The predicted molar refractivity (Wildman–Crippen MR) is 72.2 cm³/mol. The molecule has 1 aliphatic heterocycles. The van der Waals surface area contributed by atoms with E-state index in [2.05, 4.69) is 4.90 Å². The van der Waals surface area contributed by atoms with Crippen LogP contribution in [0, 0.1) is 5.92 Å². The molecule has 0 bridgehead atoms. The van der Waals surface area contributed by atoms with E-state index in [-0.39, 0.29) is 5.92 Å². The summed E-state index contributed by atoms with van der Waals surface area (Å²) < 4.78 is 5.64. The van der Waals surface area contributed by atoms with Crippen LogP contribution in [0.25, 0.3) is 0 Å². The lowest BCUT2D eigenvalue weighted by Gasteiger charge is -2.29. The van der Waals surface area contributed by atoms with Crippen molar-refractivity contribution in [1.29, 1.82) is 0 Å². The molecule has 1 heterocycles. The molecule has 18 heavy (non-hydrogen) atoms. The zero-order valence-electron chi connectivity index (χ0n) is 10.3. The topological polar surface area (TPSA) is 29.5 Å². The normalized spacial score (nSPS) is 20.6. The summed E-state index contributed by atoms with van der Waals surface area (Å²) in [4.78, 5) is 13.1. The molecule has 0 aliphatic carbocycles. The Morgan fingerprint density at radius 3 is 2.89 bits per heavy atom. The first-order valence-corrected chi connectivity index (χ1v) is 6.72. The summed E-state index contributed by atoms with van der Waals surface area (Å²) >= 11 is 5.80. The lowest BCUT2D eigenvalue weighted by atomic mass is 10.00. The van der Waals surface area contributed by atoms with Gasteiger partial charge in [-0.2, -0.15) is 0 Å². The molecule has 4 heteroatoms. The number of carbonyl (C=O) groups excluding carboxylic acids is 1. The van der Waals surface area contributed by atoms with Crippen LogP contribution in [0.15, 0.2) is 24.3 Å². The number of hydrogen-bond acceptors (Lipinski definition) is 3. The first-order chi connectivity index (χ1) is 8.78. The molecule has 98 valence electrons. The summed E-state index contributed by atoms with van der Waals surface area (Å²) in [5.74, 6) is 1.04. The number of hydrogen-bond donors (Lipinski definition) is 0. The van der Waals surface area contributed by atoms with Gasteiger partial charge in [0.05, 0.1) is 0 Å². The second-order valence-corrected chi connectivity index (χ2v) is 5.08. The maximum Gasteiger partial charge on any atom is 0.124 e. The standard InChI is InChI=1S/C14H18ClNO2/c15-13-3-5-14(6-4-13)18-9-8-16-7-1-2-12(10-16)11-17/h3-6,11-12H,1-2,7-10H2. The first-order valence-electron chi connectivity index (χ1n) is 6.34. The SMILES string of the molecule is O=CC1CCCN(CCOc2ccc(Cl)cc2)C1. The highest BCUT2D eigenvalue weighted by molar-refractivity contribution is 6.30. The molecule has 1 unspecified atom stereocenters. The van der Waals surface area contributed by atoms with Crippen LogP contribution in [-0.2, 0) is 4.79 Å².